The van der Waals surface area contributed by atoms with Gasteiger partial charge in [0.05, 0.1) is 0 Å². The lowest BCUT2D eigenvalue weighted by Gasteiger charge is -2.23. The van der Waals surface area contributed by atoms with Crippen molar-refractivity contribution in [3.8, 4) is 0 Å². The topological polar surface area (TPSA) is 75.4 Å². The number of rotatable bonds is 8. The average molecular weight is 319 g/mol. The van der Waals surface area contributed by atoms with Gasteiger partial charge in [-0.2, -0.15) is 0 Å². The fraction of sp³-hybridized carbons (Fsp3) is 0.692. The van der Waals surface area contributed by atoms with Crippen LogP contribution in [0.1, 0.15) is 31.2 Å². The molecule has 0 fully saturated rings. The molecule has 1 atom stereocenters. The second-order valence-corrected chi connectivity index (χ2v) is 7.96. The van der Waals surface area contributed by atoms with Crippen LogP contribution in [0.2, 0.25) is 0 Å². The first-order chi connectivity index (χ1) is 9.33. The van der Waals surface area contributed by atoms with Crippen LogP contribution >= 0.6 is 11.3 Å². The van der Waals surface area contributed by atoms with Gasteiger partial charge in [0.2, 0.25) is 10.0 Å². The van der Waals surface area contributed by atoms with Crippen LogP contribution in [-0.2, 0) is 16.6 Å². The largest absolute Gasteiger partial charge is 0.326 e. The van der Waals surface area contributed by atoms with Crippen LogP contribution in [0.4, 0.5) is 0 Å². The van der Waals surface area contributed by atoms with E-state index in [4.69, 9.17) is 5.73 Å². The molecule has 0 radical (unpaired) electrons. The van der Waals surface area contributed by atoms with Crippen LogP contribution in [0.5, 0.6) is 0 Å². The van der Waals surface area contributed by atoms with Crippen molar-refractivity contribution in [3.05, 3.63) is 16.5 Å². The Hall–Kier alpha value is -0.470. The summed E-state index contributed by atoms with van der Waals surface area (Å²) in [6, 6.07) is 1.57. The smallest absolute Gasteiger partial charge is 0.250 e. The number of hydrogen-bond donors (Lipinski definition) is 2. The molecule has 1 rings (SSSR count). The predicted octanol–water partition coefficient (Wildman–Crippen LogP) is 1.52. The predicted molar refractivity (Wildman–Crippen MR) is 84.5 cm³/mol. The summed E-state index contributed by atoms with van der Waals surface area (Å²) < 4.78 is 27.7. The summed E-state index contributed by atoms with van der Waals surface area (Å²) in [5.74, 6) is 0. The van der Waals surface area contributed by atoms with Crippen LogP contribution in [-0.4, -0.2) is 39.0 Å². The van der Waals surface area contributed by atoms with E-state index in [9.17, 15) is 8.42 Å². The van der Waals surface area contributed by atoms with E-state index in [-0.39, 0.29) is 6.04 Å². The number of likely N-dealkylation sites (N-methyl/N-ethyl adjacent to an activating group) is 1. The summed E-state index contributed by atoms with van der Waals surface area (Å²) in [7, 11) is -3.45. The fourth-order valence-corrected chi connectivity index (χ4v) is 4.77. The van der Waals surface area contributed by atoms with Crippen molar-refractivity contribution in [2.75, 3.05) is 19.6 Å². The summed E-state index contributed by atoms with van der Waals surface area (Å²) in [4.78, 5) is 3.11. The normalized spacial score (nSPS) is 13.9. The summed E-state index contributed by atoms with van der Waals surface area (Å²) in [6.45, 7) is 10.8. The van der Waals surface area contributed by atoms with E-state index in [0.29, 0.717) is 17.3 Å². The minimum Gasteiger partial charge on any atom is -0.326 e. The molecule has 116 valence electrons. The average Bonchev–Trinajstić information content (AvgIpc) is 2.77. The van der Waals surface area contributed by atoms with E-state index in [2.05, 4.69) is 23.5 Å². The summed E-state index contributed by atoms with van der Waals surface area (Å²) in [5, 5.41) is 0. The van der Waals surface area contributed by atoms with Crippen molar-refractivity contribution in [1.82, 2.24) is 9.62 Å². The first-order valence-electron chi connectivity index (χ1n) is 6.88. The number of hydrogen-bond acceptors (Lipinski definition) is 5. The molecule has 0 amide bonds. The van der Waals surface area contributed by atoms with E-state index < -0.39 is 10.0 Å². The van der Waals surface area contributed by atoms with Gasteiger partial charge in [-0.15, -0.1) is 11.3 Å². The Morgan fingerprint density at radius 3 is 2.45 bits per heavy atom. The van der Waals surface area contributed by atoms with Crippen LogP contribution in [0.15, 0.2) is 10.3 Å². The maximum absolute atomic E-state index is 12.3. The lowest BCUT2D eigenvalue weighted by molar-refractivity contribution is 0.282. The van der Waals surface area contributed by atoms with Crippen molar-refractivity contribution >= 4 is 21.4 Å². The second-order valence-electron chi connectivity index (χ2n) is 4.88. The first kappa shape index (κ1) is 17.6. The van der Waals surface area contributed by atoms with E-state index in [1.807, 2.05) is 13.8 Å². The first-order valence-corrected chi connectivity index (χ1v) is 9.18. The number of nitrogens with two attached hydrogens (primary N) is 1. The lowest BCUT2D eigenvalue weighted by atomic mass is 10.3. The quantitative estimate of drug-likeness (QED) is 0.762. The molecular weight excluding hydrogens is 294 g/mol. The van der Waals surface area contributed by atoms with Gasteiger partial charge in [-0.05, 0) is 38.6 Å². The van der Waals surface area contributed by atoms with Gasteiger partial charge in [0.25, 0.3) is 0 Å². The number of aryl methyl sites for hydroxylation is 1. The fourth-order valence-electron chi connectivity index (χ4n) is 2.05. The molecule has 5 nitrogen and oxygen atoms in total. The molecule has 0 aliphatic carbocycles. The highest BCUT2D eigenvalue weighted by Crippen LogP contribution is 2.25. The highest BCUT2D eigenvalue weighted by Gasteiger charge is 2.21. The molecule has 1 heterocycles. The standard InChI is InChI=1S/C13H25N3O2S2/c1-5-16(6-2)9-11(4)15-20(17,18)13-7-10(3)12(8-14)19-13/h7,11,15H,5-6,8-9,14H2,1-4H3. The molecule has 1 aromatic heterocycles. The summed E-state index contributed by atoms with van der Waals surface area (Å²) >= 11 is 1.25. The Kier molecular flexibility index (Phi) is 6.60. The van der Waals surface area contributed by atoms with Crippen molar-refractivity contribution in [1.29, 1.82) is 0 Å². The van der Waals surface area contributed by atoms with E-state index in [0.717, 1.165) is 23.5 Å². The van der Waals surface area contributed by atoms with Crippen molar-refractivity contribution in [2.24, 2.45) is 5.73 Å². The molecule has 0 spiro atoms. The third-order valence-electron chi connectivity index (χ3n) is 3.23. The molecule has 1 unspecified atom stereocenters. The molecule has 0 bridgehead atoms. The molecule has 20 heavy (non-hydrogen) atoms. The second kappa shape index (κ2) is 7.51. The monoisotopic (exact) mass is 319 g/mol. The molecule has 0 aliphatic heterocycles. The summed E-state index contributed by atoms with van der Waals surface area (Å²) in [6.07, 6.45) is 0. The van der Waals surface area contributed by atoms with Crippen LogP contribution in [0.3, 0.4) is 0 Å². The maximum atomic E-state index is 12.3. The third-order valence-corrected chi connectivity index (χ3v) is 6.55. The Balaban J connectivity index is 2.78. The highest BCUT2D eigenvalue weighted by atomic mass is 32.2. The number of sulfonamides is 1. The van der Waals surface area contributed by atoms with Crippen molar-refractivity contribution in [2.45, 2.75) is 44.5 Å². The van der Waals surface area contributed by atoms with Gasteiger partial charge in [-0.3, -0.25) is 0 Å². The van der Waals surface area contributed by atoms with Gasteiger partial charge in [0.1, 0.15) is 4.21 Å². The number of thiophene rings is 1. The molecule has 0 aromatic carbocycles. The minimum absolute atomic E-state index is 0.122. The van der Waals surface area contributed by atoms with Gasteiger partial charge in [0.15, 0.2) is 0 Å². The molecule has 0 aliphatic rings. The van der Waals surface area contributed by atoms with Gasteiger partial charge < -0.3 is 10.6 Å². The van der Waals surface area contributed by atoms with Gasteiger partial charge in [-0.1, -0.05) is 13.8 Å². The van der Waals surface area contributed by atoms with Gasteiger partial charge in [0, 0.05) is 24.0 Å². The molecule has 0 saturated heterocycles. The molecule has 3 N–H and O–H groups in total. The van der Waals surface area contributed by atoms with Gasteiger partial charge >= 0.3 is 0 Å². The lowest BCUT2D eigenvalue weighted by Crippen LogP contribution is -2.41. The molecule has 7 heteroatoms. The van der Waals surface area contributed by atoms with E-state index >= 15 is 0 Å². The zero-order chi connectivity index (χ0) is 15.3. The number of nitrogens with zero attached hydrogens (tertiary/aromatic N) is 1. The zero-order valence-electron chi connectivity index (χ0n) is 12.6. The van der Waals surface area contributed by atoms with Crippen LogP contribution < -0.4 is 10.5 Å². The van der Waals surface area contributed by atoms with E-state index in [1.54, 1.807) is 6.07 Å². The Morgan fingerprint density at radius 1 is 1.40 bits per heavy atom. The van der Waals surface area contributed by atoms with E-state index in [1.165, 1.54) is 11.3 Å². The molecule has 1 aromatic rings. The minimum atomic E-state index is -3.45. The maximum Gasteiger partial charge on any atom is 0.250 e. The van der Waals surface area contributed by atoms with Crippen LogP contribution in [0, 0.1) is 6.92 Å². The highest BCUT2D eigenvalue weighted by molar-refractivity contribution is 7.91. The molecule has 0 saturated carbocycles. The van der Waals surface area contributed by atoms with Crippen molar-refractivity contribution < 1.29 is 8.42 Å². The van der Waals surface area contributed by atoms with Crippen molar-refractivity contribution in [3.63, 3.8) is 0 Å². The van der Waals surface area contributed by atoms with Gasteiger partial charge in [-0.25, -0.2) is 13.1 Å². The molecular formula is C13H25N3O2S2. The third kappa shape index (κ3) is 4.53. The van der Waals surface area contributed by atoms with Crippen LogP contribution in [0.25, 0.3) is 0 Å². The Labute approximate surface area is 126 Å². The number of nitrogens with one attached hydrogen (secondary N) is 1. The Morgan fingerprint density at radius 2 is 2.00 bits per heavy atom. The Bertz CT molecular complexity index is 522. The zero-order valence-corrected chi connectivity index (χ0v) is 14.3. The summed E-state index contributed by atoms with van der Waals surface area (Å²) in [5.41, 5.74) is 6.54. The SMILES string of the molecule is CCN(CC)CC(C)NS(=O)(=O)c1cc(C)c(CN)s1.